The molecule has 0 atom stereocenters. The van der Waals surface area contributed by atoms with Crippen LogP contribution in [0.15, 0.2) is 30.3 Å². The van der Waals surface area contributed by atoms with Gasteiger partial charge in [0, 0.05) is 11.3 Å². The fourth-order valence-electron chi connectivity index (χ4n) is 1.62. The number of benzene rings is 1. The molecule has 108 valence electrons. The molecule has 2 rings (SSSR count). The van der Waals surface area contributed by atoms with Gasteiger partial charge in [0.2, 0.25) is 0 Å². The lowest BCUT2D eigenvalue weighted by atomic mass is 10.1. The molecule has 0 bridgehead atoms. The largest absolute Gasteiger partial charge is 0.322 e. The summed E-state index contributed by atoms with van der Waals surface area (Å²) in [6.45, 7) is 1.41. The number of anilines is 1. The van der Waals surface area contributed by atoms with Crippen molar-refractivity contribution in [1.82, 2.24) is 4.98 Å². The lowest BCUT2D eigenvalue weighted by molar-refractivity contribution is 0.101. The summed E-state index contributed by atoms with van der Waals surface area (Å²) < 4.78 is 13.4. The van der Waals surface area contributed by atoms with Crippen LogP contribution in [-0.4, -0.2) is 16.7 Å². The zero-order valence-electron chi connectivity index (χ0n) is 10.8. The highest BCUT2D eigenvalue weighted by Crippen LogP contribution is 2.21. The van der Waals surface area contributed by atoms with Crippen LogP contribution < -0.4 is 5.32 Å². The molecule has 2 aromatic rings. The Hall–Kier alpha value is -1.98. The van der Waals surface area contributed by atoms with E-state index >= 15 is 0 Å². The maximum atomic E-state index is 13.4. The molecule has 4 nitrogen and oxygen atoms in total. The molecular formula is C14H9Cl2FN2O2. The quantitative estimate of drug-likeness (QED) is 0.685. The molecule has 0 fully saturated rings. The Bertz CT molecular complexity index is 735. The minimum Gasteiger partial charge on any atom is -0.322 e. The second-order valence-electron chi connectivity index (χ2n) is 4.19. The van der Waals surface area contributed by atoms with Gasteiger partial charge in [0.1, 0.15) is 5.15 Å². The van der Waals surface area contributed by atoms with Crippen LogP contribution in [0, 0.1) is 5.82 Å². The van der Waals surface area contributed by atoms with Crippen molar-refractivity contribution in [3.63, 3.8) is 0 Å². The molecular weight excluding hydrogens is 318 g/mol. The molecule has 0 aliphatic rings. The van der Waals surface area contributed by atoms with E-state index < -0.39 is 16.9 Å². The summed E-state index contributed by atoms with van der Waals surface area (Å²) in [5.74, 6) is -1.63. The van der Waals surface area contributed by atoms with E-state index in [-0.39, 0.29) is 16.5 Å². The number of Topliss-reactive ketones (excluding diaryl/α,β-unsaturated/α-hetero) is 1. The standard InChI is InChI=1S/C14H9Cl2FN2O2/c1-7(20)8-3-2-4-9(5-8)18-14(21)10-6-11(17)13(16)19-12(10)15/h2-6H,1H3,(H,18,21). The highest BCUT2D eigenvalue weighted by Gasteiger charge is 2.16. The Morgan fingerprint density at radius 3 is 2.57 bits per heavy atom. The molecule has 7 heteroatoms. The molecule has 0 unspecified atom stereocenters. The molecule has 0 spiro atoms. The minimum atomic E-state index is -0.844. The highest BCUT2D eigenvalue weighted by atomic mass is 35.5. The molecule has 1 amide bonds. The third-order valence-electron chi connectivity index (χ3n) is 2.66. The van der Waals surface area contributed by atoms with Crippen molar-refractivity contribution in [3.05, 3.63) is 57.6 Å². The molecule has 1 aromatic heterocycles. The Kier molecular flexibility index (Phi) is 4.55. The number of amides is 1. The lowest BCUT2D eigenvalue weighted by Gasteiger charge is -2.08. The molecule has 0 saturated heterocycles. The zero-order valence-corrected chi connectivity index (χ0v) is 12.3. The first-order valence-electron chi connectivity index (χ1n) is 5.82. The first kappa shape index (κ1) is 15.4. The number of hydrogen-bond acceptors (Lipinski definition) is 3. The van der Waals surface area contributed by atoms with Crippen molar-refractivity contribution in [2.45, 2.75) is 6.92 Å². The number of rotatable bonds is 3. The minimum absolute atomic E-state index is 0.136. The van der Waals surface area contributed by atoms with Crippen molar-refractivity contribution < 1.29 is 14.0 Å². The SMILES string of the molecule is CC(=O)c1cccc(NC(=O)c2cc(F)c(Cl)nc2Cl)c1. The van der Waals surface area contributed by atoms with E-state index in [4.69, 9.17) is 23.2 Å². The number of pyridine rings is 1. The van der Waals surface area contributed by atoms with E-state index in [9.17, 15) is 14.0 Å². The maximum absolute atomic E-state index is 13.4. The van der Waals surface area contributed by atoms with Crippen LogP contribution >= 0.6 is 23.2 Å². The van der Waals surface area contributed by atoms with Crippen LogP contribution in [0.4, 0.5) is 10.1 Å². The number of carbonyl (C=O) groups excluding carboxylic acids is 2. The average molecular weight is 327 g/mol. The van der Waals surface area contributed by atoms with Crippen molar-refractivity contribution in [2.75, 3.05) is 5.32 Å². The van der Waals surface area contributed by atoms with Gasteiger partial charge in [-0.2, -0.15) is 0 Å². The summed E-state index contributed by atoms with van der Waals surface area (Å²) in [7, 11) is 0. The van der Waals surface area contributed by atoms with Gasteiger partial charge >= 0.3 is 0 Å². The first-order valence-corrected chi connectivity index (χ1v) is 6.58. The van der Waals surface area contributed by atoms with Crippen LogP contribution in [0.5, 0.6) is 0 Å². The molecule has 1 N–H and O–H groups in total. The fraction of sp³-hybridized carbons (Fsp3) is 0.0714. The average Bonchev–Trinajstić information content (AvgIpc) is 2.43. The summed E-state index contributed by atoms with van der Waals surface area (Å²) in [5, 5.41) is 1.90. The van der Waals surface area contributed by atoms with Gasteiger partial charge in [0.15, 0.2) is 16.8 Å². The number of aromatic nitrogens is 1. The monoisotopic (exact) mass is 326 g/mol. The number of nitrogens with one attached hydrogen (secondary N) is 1. The Balaban J connectivity index is 2.28. The van der Waals surface area contributed by atoms with Crippen LogP contribution in [-0.2, 0) is 0 Å². The van der Waals surface area contributed by atoms with Crippen molar-refractivity contribution >= 4 is 40.6 Å². The molecule has 0 aliphatic carbocycles. The fourth-order valence-corrected chi connectivity index (χ4v) is 2.03. The van der Waals surface area contributed by atoms with Crippen molar-refractivity contribution in [1.29, 1.82) is 0 Å². The predicted octanol–water partition coefficient (Wildman–Crippen LogP) is 3.98. The first-order chi connectivity index (χ1) is 9.88. The van der Waals surface area contributed by atoms with Gasteiger partial charge in [-0.05, 0) is 25.1 Å². The smallest absolute Gasteiger partial charge is 0.258 e. The van der Waals surface area contributed by atoms with Gasteiger partial charge in [0.25, 0.3) is 5.91 Å². The molecule has 0 radical (unpaired) electrons. The Morgan fingerprint density at radius 2 is 1.90 bits per heavy atom. The summed E-state index contributed by atoms with van der Waals surface area (Å²) in [5.41, 5.74) is 0.685. The number of halogens is 3. The second kappa shape index (κ2) is 6.20. The third kappa shape index (κ3) is 3.56. The summed E-state index contributed by atoms with van der Waals surface area (Å²) in [6, 6.07) is 7.25. The van der Waals surface area contributed by atoms with Crippen LogP contribution in [0.3, 0.4) is 0 Å². The molecule has 0 saturated carbocycles. The predicted molar refractivity (Wildman–Crippen MR) is 78.6 cm³/mol. The van der Waals surface area contributed by atoms with E-state index in [0.29, 0.717) is 11.3 Å². The normalized spacial score (nSPS) is 10.3. The van der Waals surface area contributed by atoms with E-state index in [1.807, 2.05) is 0 Å². The Labute approximate surface area is 129 Å². The van der Waals surface area contributed by atoms with Crippen molar-refractivity contribution in [3.8, 4) is 0 Å². The maximum Gasteiger partial charge on any atom is 0.258 e. The number of ketones is 1. The zero-order chi connectivity index (χ0) is 15.6. The van der Waals surface area contributed by atoms with E-state index in [0.717, 1.165) is 6.07 Å². The van der Waals surface area contributed by atoms with Gasteiger partial charge in [0.05, 0.1) is 5.56 Å². The van der Waals surface area contributed by atoms with Gasteiger partial charge in [-0.15, -0.1) is 0 Å². The number of carbonyl (C=O) groups is 2. The van der Waals surface area contributed by atoms with Gasteiger partial charge in [-0.25, -0.2) is 9.37 Å². The molecule has 1 heterocycles. The van der Waals surface area contributed by atoms with Crippen molar-refractivity contribution in [2.24, 2.45) is 0 Å². The summed E-state index contributed by atoms with van der Waals surface area (Å²) in [6.07, 6.45) is 0. The van der Waals surface area contributed by atoms with E-state index in [2.05, 4.69) is 10.3 Å². The van der Waals surface area contributed by atoms with E-state index in [1.165, 1.54) is 13.0 Å². The van der Waals surface area contributed by atoms with E-state index in [1.54, 1.807) is 18.2 Å². The lowest BCUT2D eigenvalue weighted by Crippen LogP contribution is -2.14. The third-order valence-corrected chi connectivity index (χ3v) is 3.21. The highest BCUT2D eigenvalue weighted by molar-refractivity contribution is 6.35. The van der Waals surface area contributed by atoms with Crippen LogP contribution in [0.1, 0.15) is 27.6 Å². The topological polar surface area (TPSA) is 59.1 Å². The van der Waals surface area contributed by atoms with Gasteiger partial charge in [-0.1, -0.05) is 35.3 Å². The van der Waals surface area contributed by atoms with Crippen LogP contribution in [0.25, 0.3) is 0 Å². The molecule has 21 heavy (non-hydrogen) atoms. The van der Waals surface area contributed by atoms with Gasteiger partial charge < -0.3 is 5.32 Å². The summed E-state index contributed by atoms with van der Waals surface area (Å²) in [4.78, 5) is 26.9. The second-order valence-corrected chi connectivity index (χ2v) is 4.91. The molecule has 0 aliphatic heterocycles. The van der Waals surface area contributed by atoms with Gasteiger partial charge in [-0.3, -0.25) is 9.59 Å². The molecule has 1 aromatic carbocycles. The van der Waals surface area contributed by atoms with Crippen LogP contribution in [0.2, 0.25) is 10.3 Å². The number of nitrogens with zero attached hydrogens (tertiary/aromatic N) is 1. The Morgan fingerprint density at radius 1 is 1.19 bits per heavy atom. The summed E-state index contributed by atoms with van der Waals surface area (Å²) >= 11 is 11.2. The number of hydrogen-bond donors (Lipinski definition) is 1.